The van der Waals surface area contributed by atoms with E-state index in [0.717, 1.165) is 0 Å². The number of rotatable bonds is 4. The molecule has 0 aromatic carbocycles. The first-order valence-electron chi connectivity index (χ1n) is 7.92. The third-order valence-electron chi connectivity index (χ3n) is 4.33. The fraction of sp³-hybridized carbons (Fsp3) is 0.500. The van der Waals surface area contributed by atoms with Gasteiger partial charge in [0.2, 0.25) is 0 Å². The summed E-state index contributed by atoms with van der Waals surface area (Å²) in [5, 5.41) is 34.3. The lowest BCUT2D eigenvalue weighted by molar-refractivity contribution is -0.0469. The van der Waals surface area contributed by atoms with E-state index in [1.165, 1.54) is 6.33 Å². The van der Waals surface area contributed by atoms with E-state index in [9.17, 15) is 15.5 Å². The number of aliphatic hydroxyl groups is 2. The summed E-state index contributed by atoms with van der Waals surface area (Å²) in [5.74, 6) is 0.463. The van der Waals surface area contributed by atoms with Gasteiger partial charge >= 0.3 is 0 Å². The van der Waals surface area contributed by atoms with Crippen molar-refractivity contribution in [2.75, 3.05) is 14.1 Å². The zero-order valence-electron chi connectivity index (χ0n) is 14.2. The van der Waals surface area contributed by atoms with Gasteiger partial charge in [0.25, 0.3) is 0 Å². The molecule has 9 heteroatoms. The van der Waals surface area contributed by atoms with Crippen molar-refractivity contribution in [1.82, 2.24) is 19.5 Å². The summed E-state index contributed by atoms with van der Waals surface area (Å²) in [6.07, 6.45) is -0.175. The van der Waals surface area contributed by atoms with Crippen molar-refractivity contribution in [3.05, 3.63) is 24.2 Å². The molecular weight excluding hydrogens is 324 g/mol. The van der Waals surface area contributed by atoms with Crippen molar-refractivity contribution in [1.29, 1.82) is 5.26 Å². The minimum atomic E-state index is -1.44. The van der Waals surface area contributed by atoms with Crippen LogP contribution in [0, 0.1) is 11.3 Å². The molecule has 3 heterocycles. The van der Waals surface area contributed by atoms with Crippen LogP contribution in [0.3, 0.4) is 0 Å². The maximum Gasteiger partial charge on any atom is 0.183 e. The predicted octanol–water partition coefficient (Wildman–Crippen LogP) is 0.416. The number of hydrogen-bond acceptors (Lipinski definition) is 7. The van der Waals surface area contributed by atoms with Crippen molar-refractivity contribution in [2.45, 2.75) is 37.3 Å². The molecule has 1 saturated heterocycles. The molecule has 0 radical (unpaired) electrons. The number of ether oxygens (including phenoxy) is 1. The van der Waals surface area contributed by atoms with Crippen molar-refractivity contribution < 1.29 is 14.9 Å². The highest BCUT2D eigenvalue weighted by Gasteiger charge is 2.54. The maximum atomic E-state index is 10.4. The monoisotopic (exact) mass is 344 g/mol. The topological polar surface area (TPSA) is 119 Å². The van der Waals surface area contributed by atoms with Crippen LogP contribution >= 0.6 is 0 Å². The van der Waals surface area contributed by atoms with Crippen molar-refractivity contribution in [3.8, 4) is 6.07 Å². The van der Waals surface area contributed by atoms with E-state index in [-0.39, 0.29) is 6.42 Å². The van der Waals surface area contributed by atoms with E-state index in [1.54, 1.807) is 34.8 Å². The van der Waals surface area contributed by atoms with Crippen LogP contribution in [-0.2, 0) is 4.74 Å². The van der Waals surface area contributed by atoms with E-state index in [1.807, 2.05) is 20.2 Å². The van der Waals surface area contributed by atoms with Crippen LogP contribution in [0.1, 0.15) is 25.1 Å². The van der Waals surface area contributed by atoms with Crippen LogP contribution in [0.4, 0.5) is 5.82 Å². The standard InChI is InChI=1S/C16H20N6O3/c1-4-16(7-17)14(24)12(23)13(25-16)10-5-6-11-15(19-9-21(2)3)18-8-20-22(10)11/h5-6,8-9,12-14,23-24H,4H2,1-3H3/t12-,13-,14-,16-/m0/s1. The Labute approximate surface area is 144 Å². The number of nitriles is 1. The molecule has 0 saturated carbocycles. The van der Waals surface area contributed by atoms with Crippen LogP contribution < -0.4 is 0 Å². The van der Waals surface area contributed by atoms with Crippen molar-refractivity contribution in [2.24, 2.45) is 4.99 Å². The van der Waals surface area contributed by atoms with E-state index in [2.05, 4.69) is 15.1 Å². The number of nitrogens with zero attached hydrogens (tertiary/aromatic N) is 6. The van der Waals surface area contributed by atoms with Crippen LogP contribution in [-0.4, -0.2) is 68.0 Å². The maximum absolute atomic E-state index is 10.4. The van der Waals surface area contributed by atoms with Gasteiger partial charge in [0.15, 0.2) is 11.4 Å². The molecule has 3 rings (SSSR count). The highest BCUT2D eigenvalue weighted by Crippen LogP contribution is 2.42. The zero-order valence-corrected chi connectivity index (χ0v) is 14.2. The van der Waals surface area contributed by atoms with E-state index in [0.29, 0.717) is 17.0 Å². The zero-order chi connectivity index (χ0) is 18.2. The Morgan fingerprint density at radius 3 is 2.84 bits per heavy atom. The molecule has 0 bridgehead atoms. The van der Waals surface area contributed by atoms with Gasteiger partial charge < -0.3 is 19.8 Å². The fourth-order valence-corrected chi connectivity index (χ4v) is 2.93. The highest BCUT2D eigenvalue weighted by molar-refractivity contribution is 5.70. The van der Waals surface area contributed by atoms with Crippen molar-refractivity contribution in [3.63, 3.8) is 0 Å². The van der Waals surface area contributed by atoms with Crippen LogP contribution in [0.15, 0.2) is 23.5 Å². The summed E-state index contributed by atoms with van der Waals surface area (Å²) in [6, 6.07) is 5.48. The van der Waals surface area contributed by atoms with Gasteiger partial charge in [0.1, 0.15) is 36.2 Å². The Morgan fingerprint density at radius 1 is 1.48 bits per heavy atom. The minimum absolute atomic E-state index is 0.259. The van der Waals surface area contributed by atoms with E-state index >= 15 is 0 Å². The molecule has 9 nitrogen and oxygen atoms in total. The van der Waals surface area contributed by atoms with Crippen LogP contribution in [0.5, 0.6) is 0 Å². The average Bonchev–Trinajstić information content (AvgIpc) is 3.14. The van der Waals surface area contributed by atoms with Crippen LogP contribution in [0.25, 0.3) is 5.52 Å². The third-order valence-corrected chi connectivity index (χ3v) is 4.33. The number of aliphatic imine (C=N–C) groups is 1. The molecule has 2 aromatic heterocycles. The Morgan fingerprint density at radius 2 is 2.24 bits per heavy atom. The molecule has 132 valence electrons. The minimum Gasteiger partial charge on any atom is -0.387 e. The first kappa shape index (κ1) is 17.3. The predicted molar refractivity (Wildman–Crippen MR) is 89.3 cm³/mol. The molecule has 0 unspecified atom stereocenters. The molecule has 0 spiro atoms. The molecule has 1 fully saturated rings. The molecule has 1 aliphatic rings. The number of hydrogen-bond donors (Lipinski definition) is 2. The third kappa shape index (κ3) is 2.74. The SMILES string of the molecule is CC[C@@]1(C#N)O[C@@H](c2ccc3c(N=CN(C)C)ncnn23)[C@H](O)[C@@H]1O. The molecule has 25 heavy (non-hydrogen) atoms. The summed E-state index contributed by atoms with van der Waals surface area (Å²) in [4.78, 5) is 10.2. The molecule has 4 atom stereocenters. The summed E-state index contributed by atoms with van der Waals surface area (Å²) in [6.45, 7) is 1.73. The summed E-state index contributed by atoms with van der Waals surface area (Å²) < 4.78 is 7.33. The second-order valence-electron chi connectivity index (χ2n) is 6.18. The second kappa shape index (κ2) is 6.40. The molecule has 2 aromatic rings. The van der Waals surface area contributed by atoms with Gasteiger partial charge in [0.05, 0.1) is 12.0 Å². The molecule has 0 aliphatic carbocycles. The van der Waals surface area contributed by atoms with E-state index < -0.39 is 23.9 Å². The van der Waals surface area contributed by atoms with Gasteiger partial charge in [-0.05, 0) is 18.6 Å². The Hall–Kier alpha value is -2.54. The Bertz CT molecular complexity index is 842. The summed E-state index contributed by atoms with van der Waals surface area (Å²) in [5.41, 5.74) is -0.282. The summed E-state index contributed by atoms with van der Waals surface area (Å²) >= 11 is 0. The number of aliphatic hydroxyl groups excluding tert-OH is 2. The van der Waals surface area contributed by atoms with Gasteiger partial charge in [-0.1, -0.05) is 6.92 Å². The first-order chi connectivity index (χ1) is 11.9. The van der Waals surface area contributed by atoms with Gasteiger partial charge in [-0.3, -0.25) is 0 Å². The molecule has 1 aliphatic heterocycles. The van der Waals surface area contributed by atoms with Crippen LogP contribution in [0.2, 0.25) is 0 Å². The fourth-order valence-electron chi connectivity index (χ4n) is 2.93. The second-order valence-corrected chi connectivity index (χ2v) is 6.18. The largest absolute Gasteiger partial charge is 0.387 e. The normalized spacial score (nSPS) is 29.4. The smallest absolute Gasteiger partial charge is 0.183 e. The van der Waals surface area contributed by atoms with Gasteiger partial charge in [-0.2, -0.15) is 10.4 Å². The lowest BCUT2D eigenvalue weighted by atomic mass is 9.93. The number of aromatic nitrogens is 3. The van der Waals surface area contributed by atoms with Gasteiger partial charge in [-0.15, -0.1) is 0 Å². The van der Waals surface area contributed by atoms with E-state index in [4.69, 9.17) is 4.74 Å². The Kier molecular flexibility index (Phi) is 4.43. The number of fused-ring (bicyclic) bond motifs is 1. The Balaban J connectivity index is 2.04. The lowest BCUT2D eigenvalue weighted by Gasteiger charge is -2.22. The van der Waals surface area contributed by atoms with Gasteiger partial charge in [-0.25, -0.2) is 14.5 Å². The highest BCUT2D eigenvalue weighted by atomic mass is 16.6. The van der Waals surface area contributed by atoms with Crippen molar-refractivity contribution >= 4 is 17.7 Å². The molecular formula is C16H20N6O3. The summed E-state index contributed by atoms with van der Waals surface area (Å²) in [7, 11) is 3.70. The van der Waals surface area contributed by atoms with Gasteiger partial charge in [0, 0.05) is 14.1 Å². The average molecular weight is 344 g/mol. The quantitative estimate of drug-likeness (QED) is 0.609. The lowest BCUT2D eigenvalue weighted by Crippen LogP contribution is -2.41. The molecule has 0 amide bonds. The molecule has 2 N–H and O–H groups in total. The first-order valence-corrected chi connectivity index (χ1v) is 7.92.